The number of carbonyl (C=O) groups is 1. The van der Waals surface area contributed by atoms with Crippen LogP contribution < -0.4 is 10.2 Å². The Balaban J connectivity index is 2.25. The van der Waals surface area contributed by atoms with Gasteiger partial charge >= 0.3 is 0 Å². The van der Waals surface area contributed by atoms with Crippen LogP contribution >= 0.6 is 0 Å². The molecule has 0 radical (unpaired) electrons. The van der Waals surface area contributed by atoms with Crippen molar-refractivity contribution < 1.29 is 4.79 Å². The lowest BCUT2D eigenvalue weighted by molar-refractivity contribution is -0.129. The highest BCUT2D eigenvalue weighted by Gasteiger charge is 2.22. The van der Waals surface area contributed by atoms with Crippen molar-refractivity contribution >= 4 is 11.6 Å². The number of hydrogen-bond donors (Lipinski definition) is 1. The quantitative estimate of drug-likeness (QED) is 0.860. The normalized spacial score (nSPS) is 15.5. The van der Waals surface area contributed by atoms with Crippen molar-refractivity contribution in [3.8, 4) is 6.07 Å². The second kappa shape index (κ2) is 5.72. The van der Waals surface area contributed by atoms with Crippen LogP contribution in [0, 0.1) is 11.3 Å². The van der Waals surface area contributed by atoms with E-state index in [4.69, 9.17) is 0 Å². The topological polar surface area (TPSA) is 59.4 Å². The first-order chi connectivity index (χ1) is 9.15. The zero-order valence-corrected chi connectivity index (χ0v) is 11.3. The molecule has 0 aliphatic carbocycles. The van der Waals surface area contributed by atoms with Crippen molar-refractivity contribution in [3.05, 3.63) is 29.3 Å². The Morgan fingerprint density at radius 1 is 1.42 bits per heavy atom. The third kappa shape index (κ3) is 2.85. The summed E-state index contributed by atoms with van der Waals surface area (Å²) in [4.78, 5) is 15.4. The summed E-state index contributed by atoms with van der Waals surface area (Å²) in [6.45, 7) is 2.54. The van der Waals surface area contributed by atoms with Gasteiger partial charge in [-0.3, -0.25) is 4.79 Å². The van der Waals surface area contributed by atoms with Gasteiger partial charge in [-0.1, -0.05) is 6.07 Å². The Kier molecular flexibility index (Phi) is 4.03. The molecule has 1 fully saturated rings. The maximum Gasteiger partial charge on any atom is 0.241 e. The Morgan fingerprint density at radius 2 is 2.21 bits per heavy atom. The zero-order valence-electron chi connectivity index (χ0n) is 11.3. The first-order valence-electron chi connectivity index (χ1n) is 6.32. The van der Waals surface area contributed by atoms with Crippen molar-refractivity contribution in [3.63, 3.8) is 0 Å². The third-order valence-electron chi connectivity index (χ3n) is 3.36. The SMILES string of the molecule is CNCc1ccc(N2CCN(C)C(=O)C2)c(C#N)c1. The molecule has 19 heavy (non-hydrogen) atoms. The van der Waals surface area contributed by atoms with Crippen LogP contribution in [0.15, 0.2) is 18.2 Å². The summed E-state index contributed by atoms with van der Waals surface area (Å²) in [5, 5.41) is 12.3. The average Bonchev–Trinajstić information content (AvgIpc) is 2.42. The van der Waals surface area contributed by atoms with Crippen molar-refractivity contribution in [1.29, 1.82) is 5.26 Å². The van der Waals surface area contributed by atoms with Crippen LogP contribution in [-0.4, -0.2) is 44.5 Å². The van der Waals surface area contributed by atoms with E-state index in [0.29, 0.717) is 18.7 Å². The Labute approximate surface area is 113 Å². The lowest BCUT2D eigenvalue weighted by Gasteiger charge is -2.34. The second-order valence-corrected chi connectivity index (χ2v) is 4.73. The molecule has 1 N–H and O–H groups in total. The molecule has 0 spiro atoms. The second-order valence-electron chi connectivity index (χ2n) is 4.73. The summed E-state index contributed by atoms with van der Waals surface area (Å²) in [5.74, 6) is 0.0921. The number of amides is 1. The number of carbonyl (C=O) groups excluding carboxylic acids is 1. The minimum absolute atomic E-state index is 0.0921. The van der Waals surface area contributed by atoms with E-state index in [-0.39, 0.29) is 5.91 Å². The molecule has 0 saturated carbocycles. The molecule has 5 nitrogen and oxygen atoms in total. The molecular weight excluding hydrogens is 240 g/mol. The number of nitrogens with one attached hydrogen (secondary N) is 1. The summed E-state index contributed by atoms with van der Waals surface area (Å²) in [5.41, 5.74) is 2.55. The Morgan fingerprint density at radius 3 is 2.84 bits per heavy atom. The van der Waals surface area contributed by atoms with Crippen LogP contribution in [0.5, 0.6) is 0 Å². The van der Waals surface area contributed by atoms with Crippen LogP contribution in [0.3, 0.4) is 0 Å². The highest BCUT2D eigenvalue weighted by Crippen LogP contribution is 2.23. The van der Waals surface area contributed by atoms with Gasteiger partial charge in [0.25, 0.3) is 0 Å². The van der Waals surface area contributed by atoms with Gasteiger partial charge in [0.2, 0.25) is 5.91 Å². The van der Waals surface area contributed by atoms with Gasteiger partial charge in [0.15, 0.2) is 0 Å². The number of likely N-dealkylation sites (N-methyl/N-ethyl adjacent to an activating group) is 1. The maximum atomic E-state index is 11.7. The van der Waals surface area contributed by atoms with Crippen LogP contribution in [0.1, 0.15) is 11.1 Å². The highest BCUT2D eigenvalue weighted by molar-refractivity contribution is 5.83. The largest absolute Gasteiger partial charge is 0.359 e. The van der Waals surface area contributed by atoms with Gasteiger partial charge < -0.3 is 15.1 Å². The molecule has 0 aromatic heterocycles. The lowest BCUT2D eigenvalue weighted by atomic mass is 10.1. The number of nitrogens with zero attached hydrogens (tertiary/aromatic N) is 3. The van der Waals surface area contributed by atoms with Gasteiger partial charge in [0.05, 0.1) is 17.8 Å². The van der Waals surface area contributed by atoms with Crippen LogP contribution in [0.2, 0.25) is 0 Å². The van der Waals surface area contributed by atoms with Crippen LogP contribution in [0.4, 0.5) is 5.69 Å². The predicted molar refractivity (Wildman–Crippen MR) is 73.8 cm³/mol. The summed E-state index contributed by atoms with van der Waals surface area (Å²) in [6.07, 6.45) is 0. The van der Waals surface area contributed by atoms with E-state index < -0.39 is 0 Å². The van der Waals surface area contributed by atoms with Gasteiger partial charge in [0, 0.05) is 26.7 Å². The molecule has 1 aromatic carbocycles. The van der Waals surface area contributed by atoms with Crippen LogP contribution in [-0.2, 0) is 11.3 Å². The molecule has 1 saturated heterocycles. The fourth-order valence-corrected chi connectivity index (χ4v) is 2.23. The number of anilines is 1. The van der Waals surface area contributed by atoms with Crippen molar-refractivity contribution in [2.24, 2.45) is 0 Å². The van der Waals surface area contributed by atoms with E-state index in [1.54, 1.807) is 11.9 Å². The predicted octanol–water partition coefficient (Wildman–Crippen LogP) is 0.556. The number of nitriles is 1. The van der Waals surface area contributed by atoms with Crippen LogP contribution in [0.25, 0.3) is 0 Å². The van der Waals surface area contributed by atoms with Crippen molar-refractivity contribution in [1.82, 2.24) is 10.2 Å². The molecule has 1 amide bonds. The summed E-state index contributed by atoms with van der Waals surface area (Å²) >= 11 is 0. The Hall–Kier alpha value is -2.06. The minimum Gasteiger partial charge on any atom is -0.359 e. The fraction of sp³-hybridized carbons (Fsp3) is 0.429. The number of rotatable bonds is 3. The molecule has 1 aromatic rings. The number of benzene rings is 1. The standard InChI is InChI=1S/C14H18N4O/c1-16-9-11-3-4-13(12(7-11)8-15)18-6-5-17(2)14(19)10-18/h3-4,7,16H,5-6,9-10H2,1-2H3. The van der Waals surface area contributed by atoms with E-state index in [0.717, 1.165) is 24.3 Å². The average molecular weight is 258 g/mol. The Bertz CT molecular complexity index is 521. The zero-order chi connectivity index (χ0) is 13.8. The lowest BCUT2D eigenvalue weighted by Crippen LogP contribution is -2.48. The highest BCUT2D eigenvalue weighted by atomic mass is 16.2. The van der Waals surface area contributed by atoms with E-state index in [1.165, 1.54) is 0 Å². The van der Waals surface area contributed by atoms with Crippen molar-refractivity contribution in [2.45, 2.75) is 6.54 Å². The molecular formula is C14H18N4O. The van der Waals surface area contributed by atoms with Gasteiger partial charge in [0.1, 0.15) is 6.07 Å². The number of piperazine rings is 1. The molecule has 5 heteroatoms. The summed E-state index contributed by atoms with van der Waals surface area (Å²) in [6, 6.07) is 8.04. The first kappa shape index (κ1) is 13.4. The summed E-state index contributed by atoms with van der Waals surface area (Å²) < 4.78 is 0. The van der Waals surface area contributed by atoms with E-state index >= 15 is 0 Å². The van der Waals surface area contributed by atoms with E-state index in [9.17, 15) is 10.1 Å². The maximum absolute atomic E-state index is 11.7. The van der Waals surface area contributed by atoms with Gasteiger partial charge in [-0.2, -0.15) is 5.26 Å². The monoisotopic (exact) mass is 258 g/mol. The van der Waals surface area contributed by atoms with Gasteiger partial charge in [-0.05, 0) is 24.7 Å². The molecule has 1 aliphatic rings. The molecule has 2 rings (SSSR count). The molecule has 1 aliphatic heterocycles. The third-order valence-corrected chi connectivity index (χ3v) is 3.36. The fourth-order valence-electron chi connectivity index (χ4n) is 2.23. The summed E-state index contributed by atoms with van der Waals surface area (Å²) in [7, 11) is 3.68. The molecule has 0 bridgehead atoms. The van der Waals surface area contributed by atoms with E-state index in [1.807, 2.05) is 30.1 Å². The smallest absolute Gasteiger partial charge is 0.241 e. The first-order valence-corrected chi connectivity index (χ1v) is 6.32. The molecule has 0 atom stereocenters. The van der Waals surface area contributed by atoms with Gasteiger partial charge in [-0.25, -0.2) is 0 Å². The molecule has 100 valence electrons. The van der Waals surface area contributed by atoms with Gasteiger partial charge in [-0.15, -0.1) is 0 Å². The van der Waals surface area contributed by atoms with E-state index in [2.05, 4.69) is 11.4 Å². The minimum atomic E-state index is 0.0921. The molecule has 0 unspecified atom stereocenters. The van der Waals surface area contributed by atoms with Crippen molar-refractivity contribution in [2.75, 3.05) is 38.6 Å². The number of hydrogen-bond acceptors (Lipinski definition) is 4. The molecule has 1 heterocycles.